The second kappa shape index (κ2) is 10.4. The summed E-state index contributed by atoms with van der Waals surface area (Å²) in [6.45, 7) is 6.45. The lowest BCUT2D eigenvalue weighted by Gasteiger charge is -2.11. The number of oxazole rings is 1. The van der Waals surface area contributed by atoms with Crippen LogP contribution in [0.3, 0.4) is 0 Å². The van der Waals surface area contributed by atoms with E-state index in [9.17, 15) is 4.79 Å². The van der Waals surface area contributed by atoms with Gasteiger partial charge in [-0.25, -0.2) is 4.98 Å². The Hall–Kier alpha value is -3.91. The molecule has 0 fully saturated rings. The van der Waals surface area contributed by atoms with E-state index in [1.165, 1.54) is 0 Å². The number of rotatable bonds is 7. The highest BCUT2D eigenvalue weighted by Gasteiger charge is 2.12. The summed E-state index contributed by atoms with van der Waals surface area (Å²) in [7, 11) is 0. The Bertz CT molecular complexity index is 1300. The van der Waals surface area contributed by atoms with Gasteiger partial charge in [-0.1, -0.05) is 0 Å². The molecule has 4 aromatic rings. The number of hydrogen-bond acceptors (Lipinski definition) is 6. The second-order valence-electron chi connectivity index (χ2n) is 7.76. The second-order valence-corrected chi connectivity index (χ2v) is 8.17. The van der Waals surface area contributed by atoms with Crippen LogP contribution < -0.4 is 20.1 Å². The highest BCUT2D eigenvalue weighted by Crippen LogP contribution is 2.27. The maximum absolute atomic E-state index is 12.5. The smallest absolute Gasteiger partial charge is 0.257 e. The minimum absolute atomic E-state index is 0.0653. The highest BCUT2D eigenvalue weighted by atomic mass is 32.1. The predicted octanol–water partition coefficient (Wildman–Crippen LogP) is 5.81. The van der Waals surface area contributed by atoms with Crippen LogP contribution in [0.15, 0.2) is 71.1 Å². The number of fused-ring (bicyclic) bond motifs is 1. The maximum atomic E-state index is 12.5. The van der Waals surface area contributed by atoms with Gasteiger partial charge >= 0.3 is 0 Å². The van der Waals surface area contributed by atoms with Crippen LogP contribution in [0.1, 0.15) is 31.1 Å². The third-order valence-corrected chi connectivity index (χ3v) is 4.98. The van der Waals surface area contributed by atoms with E-state index >= 15 is 0 Å². The van der Waals surface area contributed by atoms with Crippen molar-refractivity contribution in [3.8, 4) is 23.0 Å². The molecule has 174 valence electrons. The fourth-order valence-corrected chi connectivity index (χ4v) is 3.49. The summed E-state index contributed by atoms with van der Waals surface area (Å²) in [6.07, 6.45) is 0.0653. The molecule has 0 spiro atoms. The molecule has 0 aliphatic rings. The standard InChI is InChI=1S/C26H25N3O4S/c1-4-31-20-10-7-18(8-11-20)25-28-22-15-19(9-14-23(22)33-25)27-26(34)29-24(30)17-5-12-21(13-6-17)32-16(2)3/h5-16H,4H2,1-3H3,(H2,27,29,30,34). The molecule has 1 heterocycles. The average molecular weight is 476 g/mol. The fraction of sp³-hybridized carbons (Fsp3) is 0.192. The van der Waals surface area contributed by atoms with Crippen molar-refractivity contribution in [1.82, 2.24) is 10.3 Å². The molecule has 34 heavy (non-hydrogen) atoms. The summed E-state index contributed by atoms with van der Waals surface area (Å²) in [4.78, 5) is 17.1. The molecule has 3 aromatic carbocycles. The lowest BCUT2D eigenvalue weighted by molar-refractivity contribution is 0.0977. The van der Waals surface area contributed by atoms with Gasteiger partial charge in [0.2, 0.25) is 5.89 Å². The Morgan fingerprint density at radius 1 is 1.03 bits per heavy atom. The van der Waals surface area contributed by atoms with Crippen molar-refractivity contribution in [2.24, 2.45) is 0 Å². The lowest BCUT2D eigenvalue weighted by atomic mass is 10.2. The molecule has 1 amide bonds. The van der Waals surface area contributed by atoms with Gasteiger partial charge in [0.1, 0.15) is 17.0 Å². The van der Waals surface area contributed by atoms with Gasteiger partial charge in [-0.05, 0) is 99.7 Å². The van der Waals surface area contributed by atoms with Crippen LogP contribution >= 0.6 is 12.2 Å². The molecule has 4 rings (SSSR count). The number of amides is 1. The van der Waals surface area contributed by atoms with Crippen LogP contribution in [0.4, 0.5) is 5.69 Å². The van der Waals surface area contributed by atoms with E-state index in [2.05, 4.69) is 15.6 Å². The predicted molar refractivity (Wildman–Crippen MR) is 137 cm³/mol. The van der Waals surface area contributed by atoms with E-state index in [4.69, 9.17) is 26.1 Å². The Labute approximate surface area is 203 Å². The molecule has 1 aromatic heterocycles. The average Bonchev–Trinajstić information content (AvgIpc) is 3.23. The zero-order valence-corrected chi connectivity index (χ0v) is 19.9. The first-order valence-electron chi connectivity index (χ1n) is 10.9. The van der Waals surface area contributed by atoms with E-state index in [1.54, 1.807) is 30.3 Å². The van der Waals surface area contributed by atoms with Gasteiger partial charge in [0.25, 0.3) is 5.91 Å². The number of nitrogens with zero attached hydrogens (tertiary/aromatic N) is 1. The quantitative estimate of drug-likeness (QED) is 0.326. The molecule has 0 aliphatic carbocycles. The number of nitrogens with one attached hydrogen (secondary N) is 2. The zero-order chi connectivity index (χ0) is 24.1. The van der Waals surface area contributed by atoms with E-state index in [0.717, 1.165) is 11.3 Å². The number of aromatic nitrogens is 1. The Balaban J connectivity index is 1.40. The summed E-state index contributed by atoms with van der Waals surface area (Å²) in [5, 5.41) is 5.89. The first-order chi connectivity index (χ1) is 16.4. The number of thiocarbonyl (C=S) groups is 1. The Kier molecular flexibility index (Phi) is 7.08. The Morgan fingerprint density at radius 3 is 2.41 bits per heavy atom. The van der Waals surface area contributed by atoms with Crippen molar-refractivity contribution in [1.29, 1.82) is 0 Å². The molecular weight excluding hydrogens is 450 g/mol. The molecule has 8 heteroatoms. The number of ether oxygens (including phenoxy) is 2. The Morgan fingerprint density at radius 2 is 1.74 bits per heavy atom. The monoisotopic (exact) mass is 475 g/mol. The summed E-state index contributed by atoms with van der Waals surface area (Å²) >= 11 is 5.31. The molecule has 0 atom stereocenters. The van der Waals surface area contributed by atoms with Gasteiger partial charge in [0, 0.05) is 16.8 Å². The van der Waals surface area contributed by atoms with Crippen LogP contribution in [0.2, 0.25) is 0 Å². The number of carbonyl (C=O) groups excluding carboxylic acids is 1. The summed E-state index contributed by atoms with van der Waals surface area (Å²) < 4.78 is 17.0. The molecule has 0 aliphatic heterocycles. The largest absolute Gasteiger partial charge is 0.494 e. The molecule has 0 bridgehead atoms. The van der Waals surface area contributed by atoms with Crippen molar-refractivity contribution >= 4 is 40.0 Å². The minimum atomic E-state index is -0.311. The maximum Gasteiger partial charge on any atom is 0.257 e. The third-order valence-electron chi connectivity index (χ3n) is 4.77. The number of benzene rings is 3. The minimum Gasteiger partial charge on any atom is -0.494 e. The van der Waals surface area contributed by atoms with Crippen molar-refractivity contribution in [3.05, 3.63) is 72.3 Å². The van der Waals surface area contributed by atoms with Crippen molar-refractivity contribution in [3.63, 3.8) is 0 Å². The van der Waals surface area contributed by atoms with Crippen LogP contribution in [-0.4, -0.2) is 28.7 Å². The molecular formula is C26H25N3O4S. The van der Waals surface area contributed by atoms with Crippen molar-refractivity contribution in [2.45, 2.75) is 26.9 Å². The van der Waals surface area contributed by atoms with Crippen LogP contribution in [0.25, 0.3) is 22.6 Å². The van der Waals surface area contributed by atoms with Gasteiger partial charge in [0.15, 0.2) is 10.7 Å². The van der Waals surface area contributed by atoms with Gasteiger partial charge in [-0.3, -0.25) is 10.1 Å². The van der Waals surface area contributed by atoms with Gasteiger partial charge in [0.05, 0.1) is 12.7 Å². The normalized spacial score (nSPS) is 10.8. The molecule has 0 saturated heterocycles. The van der Waals surface area contributed by atoms with E-state index in [-0.39, 0.29) is 17.1 Å². The number of carbonyl (C=O) groups is 1. The molecule has 0 saturated carbocycles. The SMILES string of the molecule is CCOc1ccc(-c2nc3cc(NC(=S)NC(=O)c4ccc(OC(C)C)cc4)ccc3o2)cc1. The first-order valence-corrected chi connectivity index (χ1v) is 11.3. The van der Waals surface area contributed by atoms with E-state index in [0.29, 0.717) is 40.6 Å². The lowest BCUT2D eigenvalue weighted by Crippen LogP contribution is -2.34. The first kappa shape index (κ1) is 23.3. The van der Waals surface area contributed by atoms with Crippen molar-refractivity contribution < 1.29 is 18.7 Å². The van der Waals surface area contributed by atoms with Crippen LogP contribution in [0.5, 0.6) is 11.5 Å². The van der Waals surface area contributed by atoms with E-state index in [1.807, 2.05) is 57.2 Å². The number of anilines is 1. The molecule has 0 radical (unpaired) electrons. The van der Waals surface area contributed by atoms with Crippen LogP contribution in [-0.2, 0) is 0 Å². The van der Waals surface area contributed by atoms with Gasteiger partial charge in [-0.2, -0.15) is 0 Å². The zero-order valence-electron chi connectivity index (χ0n) is 19.1. The number of hydrogen-bond donors (Lipinski definition) is 2. The van der Waals surface area contributed by atoms with Gasteiger partial charge in [-0.15, -0.1) is 0 Å². The topological polar surface area (TPSA) is 85.6 Å². The van der Waals surface area contributed by atoms with E-state index < -0.39 is 0 Å². The summed E-state index contributed by atoms with van der Waals surface area (Å²) in [5.74, 6) is 1.70. The van der Waals surface area contributed by atoms with Gasteiger partial charge < -0.3 is 19.2 Å². The highest BCUT2D eigenvalue weighted by molar-refractivity contribution is 7.80. The molecule has 7 nitrogen and oxygen atoms in total. The summed E-state index contributed by atoms with van der Waals surface area (Å²) in [5.41, 5.74) is 3.33. The third kappa shape index (κ3) is 5.71. The molecule has 2 N–H and O–H groups in total. The summed E-state index contributed by atoms with van der Waals surface area (Å²) in [6, 6.07) is 19.9. The fourth-order valence-electron chi connectivity index (χ4n) is 3.28. The van der Waals surface area contributed by atoms with Crippen LogP contribution in [0, 0.1) is 0 Å². The van der Waals surface area contributed by atoms with Crippen molar-refractivity contribution in [2.75, 3.05) is 11.9 Å². The molecule has 0 unspecified atom stereocenters.